The summed E-state index contributed by atoms with van der Waals surface area (Å²) in [6.07, 6.45) is 5.85. The number of thioether (sulfide) groups is 1. The van der Waals surface area contributed by atoms with E-state index < -0.39 is 12.0 Å². The molecule has 0 fully saturated rings. The standard InChI is InChI=1S/C35H45N3O4S/c1-24(2)20-28(36-34(40)31-17-9-13-26-11-5-7-16-30(26)31)22-38(23-33(39)37-32(35(41)42)18-19-43-3)21-27-14-8-12-25-10-4-6-15-29(25)27/h4-8,10-12,14-16,24,28,31-32H,9,13,17-23H2,1-3H3,(H,36,40)(H,37,39)(H,41,42)/t28-,31?,32-/m0/s1. The van der Waals surface area contributed by atoms with E-state index >= 15 is 0 Å². The number of rotatable bonds is 15. The minimum absolute atomic E-state index is 0.0308. The Kier molecular flexibility index (Phi) is 12.1. The molecule has 3 N–H and O–H groups in total. The highest BCUT2D eigenvalue weighted by Crippen LogP contribution is 2.32. The smallest absolute Gasteiger partial charge is 0.326 e. The van der Waals surface area contributed by atoms with Crippen LogP contribution >= 0.6 is 11.8 Å². The molecule has 3 atom stereocenters. The minimum Gasteiger partial charge on any atom is -0.480 e. The number of carboxylic acid groups (broad SMARTS) is 1. The van der Waals surface area contributed by atoms with Crippen molar-refractivity contribution in [3.8, 4) is 0 Å². The van der Waals surface area contributed by atoms with Crippen LogP contribution < -0.4 is 10.6 Å². The SMILES string of the molecule is CSCC[C@H](NC(=O)CN(Cc1cccc2ccccc12)C[C@H](CC(C)C)NC(=O)C1CCCc2ccccc21)C(=O)O. The number of nitrogens with zero attached hydrogens (tertiary/aromatic N) is 1. The summed E-state index contributed by atoms with van der Waals surface area (Å²) in [5, 5.41) is 18.0. The van der Waals surface area contributed by atoms with Gasteiger partial charge in [-0.05, 0) is 77.5 Å². The number of nitrogens with one attached hydrogen (secondary N) is 2. The van der Waals surface area contributed by atoms with Crippen LogP contribution in [0.1, 0.15) is 62.1 Å². The van der Waals surface area contributed by atoms with E-state index in [1.165, 1.54) is 5.56 Å². The van der Waals surface area contributed by atoms with Crippen LogP contribution in [-0.4, -0.2) is 65.0 Å². The fourth-order valence-electron chi connectivity index (χ4n) is 6.18. The van der Waals surface area contributed by atoms with Crippen LogP contribution in [0.4, 0.5) is 0 Å². The summed E-state index contributed by atoms with van der Waals surface area (Å²) in [5.74, 6) is -0.521. The van der Waals surface area contributed by atoms with Crippen molar-refractivity contribution in [2.45, 2.75) is 70.5 Å². The number of amides is 2. The molecule has 8 heteroatoms. The summed E-state index contributed by atoms with van der Waals surface area (Å²) >= 11 is 1.55. The molecule has 3 aromatic rings. The first-order valence-electron chi connectivity index (χ1n) is 15.3. The summed E-state index contributed by atoms with van der Waals surface area (Å²) < 4.78 is 0. The first-order chi connectivity index (χ1) is 20.7. The molecule has 2 amide bonds. The normalized spacial score (nSPS) is 16.1. The van der Waals surface area contributed by atoms with Gasteiger partial charge >= 0.3 is 5.97 Å². The zero-order valence-corrected chi connectivity index (χ0v) is 26.4. The number of aliphatic carboxylic acids is 1. The van der Waals surface area contributed by atoms with Crippen LogP contribution in [0.2, 0.25) is 0 Å². The summed E-state index contributed by atoms with van der Waals surface area (Å²) in [4.78, 5) is 40.9. The second-order valence-electron chi connectivity index (χ2n) is 12.0. The number of aryl methyl sites for hydroxylation is 1. The molecular weight excluding hydrogens is 558 g/mol. The van der Waals surface area contributed by atoms with Gasteiger partial charge in [-0.15, -0.1) is 0 Å². The summed E-state index contributed by atoms with van der Waals surface area (Å²) in [7, 11) is 0. The molecule has 1 aliphatic rings. The van der Waals surface area contributed by atoms with Gasteiger partial charge in [-0.1, -0.05) is 80.6 Å². The van der Waals surface area contributed by atoms with Gasteiger partial charge in [-0.2, -0.15) is 11.8 Å². The zero-order valence-electron chi connectivity index (χ0n) is 25.6. The lowest BCUT2D eigenvalue weighted by Crippen LogP contribution is -2.50. The number of hydrogen-bond donors (Lipinski definition) is 3. The Balaban J connectivity index is 1.56. The predicted molar refractivity (Wildman–Crippen MR) is 175 cm³/mol. The van der Waals surface area contributed by atoms with Gasteiger partial charge in [0.25, 0.3) is 0 Å². The molecule has 0 saturated carbocycles. The average molecular weight is 604 g/mol. The largest absolute Gasteiger partial charge is 0.480 e. The maximum Gasteiger partial charge on any atom is 0.326 e. The summed E-state index contributed by atoms with van der Waals surface area (Å²) in [5.41, 5.74) is 3.45. The molecule has 7 nitrogen and oxygen atoms in total. The van der Waals surface area contributed by atoms with Crippen molar-refractivity contribution in [2.24, 2.45) is 5.92 Å². The van der Waals surface area contributed by atoms with E-state index in [1.54, 1.807) is 11.8 Å². The van der Waals surface area contributed by atoms with Crippen LogP contribution in [0.15, 0.2) is 66.7 Å². The highest BCUT2D eigenvalue weighted by molar-refractivity contribution is 7.98. The molecule has 4 rings (SSSR count). The van der Waals surface area contributed by atoms with E-state index in [0.29, 0.717) is 31.2 Å². The Morgan fingerprint density at radius 1 is 1.00 bits per heavy atom. The van der Waals surface area contributed by atoms with Crippen molar-refractivity contribution in [3.63, 3.8) is 0 Å². The van der Waals surface area contributed by atoms with E-state index in [-0.39, 0.29) is 30.3 Å². The average Bonchev–Trinajstić information content (AvgIpc) is 2.98. The van der Waals surface area contributed by atoms with Gasteiger partial charge in [0.1, 0.15) is 6.04 Å². The molecule has 3 aromatic carbocycles. The van der Waals surface area contributed by atoms with Crippen LogP contribution in [0.5, 0.6) is 0 Å². The van der Waals surface area contributed by atoms with Gasteiger partial charge in [0.05, 0.1) is 12.5 Å². The highest BCUT2D eigenvalue weighted by Gasteiger charge is 2.29. The summed E-state index contributed by atoms with van der Waals surface area (Å²) in [6.45, 7) is 5.27. The Bertz CT molecular complexity index is 1390. The number of carboxylic acids is 1. The van der Waals surface area contributed by atoms with E-state index in [9.17, 15) is 19.5 Å². The number of carbonyl (C=O) groups excluding carboxylic acids is 2. The van der Waals surface area contributed by atoms with Crippen molar-refractivity contribution in [3.05, 3.63) is 83.4 Å². The third-order valence-corrected chi connectivity index (χ3v) is 8.80. The van der Waals surface area contributed by atoms with Gasteiger partial charge < -0.3 is 15.7 Å². The Hall–Kier alpha value is -3.36. The molecular formula is C35H45N3O4S. The fraction of sp³-hybridized carbons (Fsp3) is 0.457. The number of hydrogen-bond acceptors (Lipinski definition) is 5. The maximum atomic E-state index is 13.7. The molecule has 0 radical (unpaired) electrons. The number of fused-ring (bicyclic) bond motifs is 2. The van der Waals surface area contributed by atoms with Crippen LogP contribution in [0.3, 0.4) is 0 Å². The molecule has 230 valence electrons. The molecule has 0 bridgehead atoms. The number of carbonyl (C=O) groups is 3. The van der Waals surface area contributed by atoms with Crippen molar-refractivity contribution < 1.29 is 19.5 Å². The summed E-state index contributed by atoms with van der Waals surface area (Å²) in [6, 6.07) is 21.5. The second-order valence-corrected chi connectivity index (χ2v) is 13.0. The minimum atomic E-state index is -1.03. The van der Waals surface area contributed by atoms with Crippen molar-refractivity contribution >= 4 is 40.3 Å². The number of benzene rings is 3. The third-order valence-electron chi connectivity index (χ3n) is 8.15. The predicted octanol–water partition coefficient (Wildman–Crippen LogP) is 5.62. The monoisotopic (exact) mass is 603 g/mol. The van der Waals surface area contributed by atoms with Gasteiger partial charge in [-0.3, -0.25) is 14.5 Å². The van der Waals surface area contributed by atoms with Crippen molar-refractivity contribution in [2.75, 3.05) is 25.1 Å². The van der Waals surface area contributed by atoms with Gasteiger partial charge in [0.15, 0.2) is 0 Å². The van der Waals surface area contributed by atoms with Crippen molar-refractivity contribution in [1.82, 2.24) is 15.5 Å². The molecule has 1 unspecified atom stereocenters. The van der Waals surface area contributed by atoms with Gasteiger partial charge in [-0.25, -0.2) is 4.79 Å². The lowest BCUT2D eigenvalue weighted by atomic mass is 9.82. The van der Waals surface area contributed by atoms with Crippen LogP contribution in [0, 0.1) is 5.92 Å². The van der Waals surface area contributed by atoms with Crippen molar-refractivity contribution in [1.29, 1.82) is 0 Å². The lowest BCUT2D eigenvalue weighted by molar-refractivity contribution is -0.142. The first kappa shape index (κ1) is 32.6. The van der Waals surface area contributed by atoms with E-state index in [1.807, 2.05) is 41.5 Å². The Morgan fingerprint density at radius 2 is 1.74 bits per heavy atom. The third kappa shape index (κ3) is 9.31. The van der Waals surface area contributed by atoms with E-state index in [0.717, 1.165) is 47.6 Å². The maximum absolute atomic E-state index is 13.7. The molecule has 0 spiro atoms. The van der Waals surface area contributed by atoms with Gasteiger partial charge in [0.2, 0.25) is 11.8 Å². The zero-order chi connectivity index (χ0) is 30.8. The fourth-order valence-corrected chi connectivity index (χ4v) is 6.65. The van der Waals surface area contributed by atoms with Crippen LogP contribution in [0.25, 0.3) is 10.8 Å². The molecule has 43 heavy (non-hydrogen) atoms. The molecule has 0 heterocycles. The Morgan fingerprint density at radius 3 is 2.51 bits per heavy atom. The quantitative estimate of drug-likeness (QED) is 0.209. The highest BCUT2D eigenvalue weighted by atomic mass is 32.2. The molecule has 0 aromatic heterocycles. The topological polar surface area (TPSA) is 98.7 Å². The van der Waals surface area contributed by atoms with E-state index in [2.05, 4.69) is 60.9 Å². The second kappa shape index (κ2) is 15.9. The molecule has 0 saturated heterocycles. The van der Waals surface area contributed by atoms with Gasteiger partial charge in [0, 0.05) is 19.1 Å². The Labute approximate surface area is 259 Å². The first-order valence-corrected chi connectivity index (χ1v) is 16.7. The van der Waals surface area contributed by atoms with Crippen LogP contribution in [-0.2, 0) is 27.3 Å². The molecule has 1 aliphatic carbocycles. The molecule has 0 aliphatic heterocycles. The lowest BCUT2D eigenvalue weighted by Gasteiger charge is -2.32. The van der Waals surface area contributed by atoms with E-state index in [4.69, 9.17) is 0 Å².